The van der Waals surface area contributed by atoms with Crippen molar-refractivity contribution in [2.45, 2.75) is 32.1 Å². The first-order valence-electron chi connectivity index (χ1n) is 6.31. The van der Waals surface area contributed by atoms with Gasteiger partial charge < -0.3 is 5.32 Å². The van der Waals surface area contributed by atoms with Crippen molar-refractivity contribution in [1.82, 2.24) is 19.9 Å². The molecule has 0 radical (unpaired) electrons. The maximum absolute atomic E-state index is 4.58. The van der Waals surface area contributed by atoms with Gasteiger partial charge >= 0.3 is 0 Å². The zero-order valence-corrected chi connectivity index (χ0v) is 10.3. The van der Waals surface area contributed by atoms with Crippen molar-refractivity contribution in [2.75, 3.05) is 13.1 Å². The van der Waals surface area contributed by atoms with Gasteiger partial charge in [0.2, 0.25) is 0 Å². The lowest BCUT2D eigenvalue weighted by molar-refractivity contribution is 0.754. The van der Waals surface area contributed by atoms with E-state index in [9.17, 15) is 0 Å². The molecular weight excluding hydrogens is 212 g/mol. The Balaban J connectivity index is 2.00. The average Bonchev–Trinajstić information content (AvgIpc) is 2.97. The van der Waals surface area contributed by atoms with Gasteiger partial charge in [-0.3, -0.25) is 0 Å². The molecule has 3 heterocycles. The second-order valence-electron chi connectivity index (χ2n) is 5.08. The van der Waals surface area contributed by atoms with Crippen molar-refractivity contribution >= 4 is 5.65 Å². The van der Waals surface area contributed by atoms with Gasteiger partial charge in [0.25, 0.3) is 0 Å². The summed E-state index contributed by atoms with van der Waals surface area (Å²) in [5, 5.41) is 7.87. The molecule has 1 aliphatic rings. The number of nitrogens with zero attached hydrogens (tertiary/aromatic N) is 3. The fourth-order valence-corrected chi connectivity index (χ4v) is 2.35. The van der Waals surface area contributed by atoms with Crippen LogP contribution in [0.5, 0.6) is 0 Å². The van der Waals surface area contributed by atoms with Crippen LogP contribution in [0.25, 0.3) is 5.65 Å². The Morgan fingerprint density at radius 3 is 3.06 bits per heavy atom. The number of aromatic nitrogens is 3. The van der Waals surface area contributed by atoms with Gasteiger partial charge in [0.05, 0.1) is 0 Å². The number of nitrogens with one attached hydrogen (secondary N) is 1. The summed E-state index contributed by atoms with van der Waals surface area (Å²) in [6, 6.07) is 4.35. The molecule has 1 aliphatic heterocycles. The third-order valence-corrected chi connectivity index (χ3v) is 3.43. The molecule has 3 rings (SSSR count). The van der Waals surface area contributed by atoms with E-state index in [1.165, 1.54) is 12.0 Å². The van der Waals surface area contributed by atoms with Gasteiger partial charge in [-0.2, -0.15) is 5.10 Å². The molecule has 0 saturated carbocycles. The first-order valence-corrected chi connectivity index (χ1v) is 6.31. The molecule has 1 saturated heterocycles. The van der Waals surface area contributed by atoms with Gasteiger partial charge in [0.1, 0.15) is 0 Å². The van der Waals surface area contributed by atoms with Crippen LogP contribution in [0.4, 0.5) is 0 Å². The second-order valence-corrected chi connectivity index (χ2v) is 5.08. The highest BCUT2D eigenvalue weighted by atomic mass is 15.3. The molecule has 0 bridgehead atoms. The predicted molar refractivity (Wildman–Crippen MR) is 67.3 cm³/mol. The molecule has 1 N–H and O–H groups in total. The normalized spacial score (nSPS) is 20.5. The maximum atomic E-state index is 4.58. The van der Waals surface area contributed by atoms with Crippen molar-refractivity contribution in [3.05, 3.63) is 29.7 Å². The second kappa shape index (κ2) is 4.11. The van der Waals surface area contributed by atoms with Crippen LogP contribution < -0.4 is 5.32 Å². The van der Waals surface area contributed by atoms with E-state index in [0.717, 1.165) is 24.6 Å². The van der Waals surface area contributed by atoms with E-state index >= 15 is 0 Å². The number of hydrogen-bond acceptors (Lipinski definition) is 3. The molecule has 4 heteroatoms. The quantitative estimate of drug-likeness (QED) is 0.857. The van der Waals surface area contributed by atoms with Crippen LogP contribution in [0.15, 0.2) is 18.3 Å². The topological polar surface area (TPSA) is 42.2 Å². The van der Waals surface area contributed by atoms with Gasteiger partial charge in [0.15, 0.2) is 11.5 Å². The fourth-order valence-electron chi connectivity index (χ4n) is 2.35. The lowest BCUT2D eigenvalue weighted by atomic mass is 10.00. The third kappa shape index (κ3) is 1.93. The summed E-state index contributed by atoms with van der Waals surface area (Å²) >= 11 is 0. The lowest BCUT2D eigenvalue weighted by Crippen LogP contribution is -2.08. The van der Waals surface area contributed by atoms with E-state index in [4.69, 9.17) is 0 Å². The van der Waals surface area contributed by atoms with E-state index in [-0.39, 0.29) is 0 Å². The molecule has 1 unspecified atom stereocenters. The number of fused-ring (bicyclic) bond motifs is 1. The van der Waals surface area contributed by atoms with Gasteiger partial charge in [0, 0.05) is 18.7 Å². The molecule has 2 aromatic rings. The molecule has 2 aromatic heterocycles. The van der Waals surface area contributed by atoms with E-state index in [1.54, 1.807) is 0 Å². The Hall–Kier alpha value is -1.42. The SMILES string of the molecule is CC(C)c1nc2cc(C3CCNC3)ccn2n1. The molecule has 1 atom stereocenters. The van der Waals surface area contributed by atoms with Gasteiger partial charge in [-0.1, -0.05) is 13.8 Å². The summed E-state index contributed by atoms with van der Waals surface area (Å²) < 4.78 is 1.88. The molecule has 90 valence electrons. The van der Waals surface area contributed by atoms with Crippen molar-refractivity contribution in [3.63, 3.8) is 0 Å². The number of hydrogen-bond donors (Lipinski definition) is 1. The highest BCUT2D eigenvalue weighted by Crippen LogP contribution is 2.23. The van der Waals surface area contributed by atoms with Gasteiger partial charge in [-0.05, 0) is 36.6 Å². The summed E-state index contributed by atoms with van der Waals surface area (Å²) in [5.74, 6) is 1.94. The van der Waals surface area contributed by atoms with Gasteiger partial charge in [-0.25, -0.2) is 9.50 Å². The fraction of sp³-hybridized carbons (Fsp3) is 0.538. The van der Waals surface area contributed by atoms with Crippen LogP contribution in [0.2, 0.25) is 0 Å². The summed E-state index contributed by atoms with van der Waals surface area (Å²) in [6.45, 7) is 6.45. The predicted octanol–water partition coefficient (Wildman–Crippen LogP) is 1.93. The van der Waals surface area contributed by atoms with Crippen LogP contribution in [-0.2, 0) is 0 Å². The van der Waals surface area contributed by atoms with Crippen LogP contribution >= 0.6 is 0 Å². The third-order valence-electron chi connectivity index (χ3n) is 3.43. The minimum atomic E-state index is 0.381. The minimum Gasteiger partial charge on any atom is -0.316 e. The molecular formula is C13H18N4. The van der Waals surface area contributed by atoms with Crippen molar-refractivity contribution in [3.8, 4) is 0 Å². The largest absolute Gasteiger partial charge is 0.316 e. The average molecular weight is 230 g/mol. The first-order chi connectivity index (χ1) is 8.24. The Bertz CT molecular complexity index is 523. The van der Waals surface area contributed by atoms with E-state index in [0.29, 0.717) is 11.8 Å². The molecule has 0 aliphatic carbocycles. The van der Waals surface area contributed by atoms with E-state index in [2.05, 4.69) is 41.4 Å². The number of pyridine rings is 1. The Labute approximate surface area is 101 Å². The molecule has 4 nitrogen and oxygen atoms in total. The van der Waals surface area contributed by atoms with E-state index in [1.807, 2.05) is 10.7 Å². The van der Waals surface area contributed by atoms with Gasteiger partial charge in [-0.15, -0.1) is 0 Å². The minimum absolute atomic E-state index is 0.381. The Morgan fingerprint density at radius 2 is 2.35 bits per heavy atom. The van der Waals surface area contributed by atoms with Crippen LogP contribution in [-0.4, -0.2) is 27.7 Å². The van der Waals surface area contributed by atoms with Crippen LogP contribution in [0, 0.1) is 0 Å². The van der Waals surface area contributed by atoms with Crippen molar-refractivity contribution in [1.29, 1.82) is 0 Å². The molecule has 0 amide bonds. The van der Waals surface area contributed by atoms with Crippen molar-refractivity contribution in [2.24, 2.45) is 0 Å². The maximum Gasteiger partial charge on any atom is 0.155 e. The summed E-state index contributed by atoms with van der Waals surface area (Å²) in [5.41, 5.74) is 2.35. The molecule has 1 fully saturated rings. The molecule has 17 heavy (non-hydrogen) atoms. The zero-order valence-electron chi connectivity index (χ0n) is 10.3. The summed E-state index contributed by atoms with van der Waals surface area (Å²) in [4.78, 5) is 4.58. The summed E-state index contributed by atoms with van der Waals surface area (Å²) in [7, 11) is 0. The first kappa shape index (κ1) is 10.7. The Morgan fingerprint density at radius 1 is 1.47 bits per heavy atom. The highest BCUT2D eigenvalue weighted by molar-refractivity contribution is 5.42. The van der Waals surface area contributed by atoms with E-state index < -0.39 is 0 Å². The molecule has 0 spiro atoms. The molecule has 0 aromatic carbocycles. The zero-order chi connectivity index (χ0) is 11.8. The smallest absolute Gasteiger partial charge is 0.155 e. The van der Waals surface area contributed by atoms with Crippen molar-refractivity contribution < 1.29 is 0 Å². The standard InChI is InChI=1S/C13H18N4/c1-9(2)13-15-12-7-10(4-6-17(12)16-13)11-3-5-14-8-11/h4,6-7,9,11,14H,3,5,8H2,1-2H3. The van der Waals surface area contributed by atoms with Crippen LogP contribution in [0.3, 0.4) is 0 Å². The Kier molecular flexibility index (Phi) is 2.59. The highest BCUT2D eigenvalue weighted by Gasteiger charge is 2.17. The monoisotopic (exact) mass is 230 g/mol. The number of rotatable bonds is 2. The van der Waals surface area contributed by atoms with Crippen LogP contribution in [0.1, 0.15) is 43.5 Å². The summed E-state index contributed by atoms with van der Waals surface area (Å²) in [6.07, 6.45) is 3.25. The lowest BCUT2D eigenvalue weighted by Gasteiger charge is -2.07.